The summed E-state index contributed by atoms with van der Waals surface area (Å²) < 4.78 is 0. The summed E-state index contributed by atoms with van der Waals surface area (Å²) >= 11 is 6.02. The summed E-state index contributed by atoms with van der Waals surface area (Å²) in [7, 11) is 0. The van der Waals surface area contributed by atoms with Gasteiger partial charge in [0.1, 0.15) is 0 Å². The van der Waals surface area contributed by atoms with Gasteiger partial charge >= 0.3 is 0 Å². The van der Waals surface area contributed by atoms with Crippen LogP contribution in [0.25, 0.3) is 0 Å². The molecule has 3 rings (SSSR count). The number of piperidine rings is 1. The van der Waals surface area contributed by atoms with Crippen LogP contribution in [0, 0.1) is 0 Å². The molecule has 1 spiro atoms. The Labute approximate surface area is 137 Å². The maximum absolute atomic E-state index is 12.8. The summed E-state index contributed by atoms with van der Waals surface area (Å²) in [6.45, 7) is 7.58. The number of rotatable bonds is 3. The van der Waals surface area contributed by atoms with Crippen LogP contribution in [0.4, 0.5) is 0 Å². The normalized spacial score (nSPS) is 25.6. The monoisotopic (exact) mass is 318 g/mol. The molecule has 2 aliphatic heterocycles. The zero-order valence-electron chi connectivity index (χ0n) is 12.9. The molecule has 22 heavy (non-hydrogen) atoms. The summed E-state index contributed by atoms with van der Waals surface area (Å²) in [6, 6.07) is 7.26. The van der Waals surface area contributed by atoms with Gasteiger partial charge in [0.15, 0.2) is 0 Å². The van der Waals surface area contributed by atoms with Crippen molar-refractivity contribution in [2.24, 2.45) is 0 Å². The van der Waals surface area contributed by atoms with E-state index in [9.17, 15) is 4.79 Å². The Hall–Kier alpha value is -1.32. The molecule has 0 saturated carbocycles. The molecule has 0 aromatic heterocycles. The van der Waals surface area contributed by atoms with Crippen molar-refractivity contribution >= 4 is 17.5 Å². The first-order valence-corrected chi connectivity index (χ1v) is 8.43. The lowest BCUT2D eigenvalue weighted by Gasteiger charge is -2.45. The van der Waals surface area contributed by atoms with E-state index in [1.54, 1.807) is 12.1 Å². The van der Waals surface area contributed by atoms with Crippen molar-refractivity contribution < 1.29 is 4.79 Å². The maximum Gasteiger partial charge on any atom is 0.253 e. The van der Waals surface area contributed by atoms with Crippen molar-refractivity contribution in [3.63, 3.8) is 0 Å². The van der Waals surface area contributed by atoms with Crippen LogP contribution in [-0.2, 0) is 0 Å². The highest BCUT2D eigenvalue weighted by Crippen LogP contribution is 2.37. The number of carbonyl (C=O) groups excluding carboxylic acids is 1. The predicted molar refractivity (Wildman–Crippen MR) is 90.3 cm³/mol. The van der Waals surface area contributed by atoms with Gasteiger partial charge in [-0.2, -0.15) is 0 Å². The van der Waals surface area contributed by atoms with Crippen LogP contribution in [0.1, 0.15) is 36.0 Å². The lowest BCUT2D eigenvalue weighted by molar-refractivity contribution is 0.0367. The van der Waals surface area contributed by atoms with Crippen molar-refractivity contribution in [1.29, 1.82) is 0 Å². The van der Waals surface area contributed by atoms with Crippen LogP contribution in [0.2, 0.25) is 5.02 Å². The van der Waals surface area contributed by atoms with Gasteiger partial charge in [-0.05, 0) is 50.4 Å². The van der Waals surface area contributed by atoms with E-state index in [4.69, 9.17) is 11.6 Å². The third-order valence-electron chi connectivity index (χ3n) is 5.00. The first-order chi connectivity index (χ1) is 10.6. The first-order valence-electron chi connectivity index (χ1n) is 8.05. The summed E-state index contributed by atoms with van der Waals surface area (Å²) in [5, 5.41) is 0.617. The van der Waals surface area contributed by atoms with E-state index in [1.807, 2.05) is 23.1 Å². The van der Waals surface area contributed by atoms with E-state index >= 15 is 0 Å². The van der Waals surface area contributed by atoms with E-state index in [0.29, 0.717) is 10.6 Å². The summed E-state index contributed by atoms with van der Waals surface area (Å²) in [5.74, 6) is 0.104. The Morgan fingerprint density at radius 1 is 1.32 bits per heavy atom. The lowest BCUT2D eigenvalue weighted by atomic mass is 9.86. The van der Waals surface area contributed by atoms with Gasteiger partial charge in [-0.25, -0.2) is 0 Å². The second-order valence-electron chi connectivity index (χ2n) is 6.40. The molecule has 2 saturated heterocycles. The molecular formula is C18H23ClN2O. The molecule has 0 aliphatic carbocycles. The van der Waals surface area contributed by atoms with Gasteiger partial charge in [-0.1, -0.05) is 23.7 Å². The summed E-state index contributed by atoms with van der Waals surface area (Å²) in [6.07, 6.45) is 6.62. The number of benzene rings is 1. The molecular weight excluding hydrogens is 296 g/mol. The van der Waals surface area contributed by atoms with Gasteiger partial charge in [0.2, 0.25) is 0 Å². The average molecular weight is 319 g/mol. The number of nitrogens with zero attached hydrogens (tertiary/aromatic N) is 2. The highest BCUT2D eigenvalue weighted by atomic mass is 35.5. The minimum atomic E-state index is 0.104. The molecule has 2 aliphatic rings. The molecule has 4 heteroatoms. The van der Waals surface area contributed by atoms with Crippen LogP contribution >= 0.6 is 11.6 Å². The third-order valence-corrected chi connectivity index (χ3v) is 5.24. The molecule has 118 valence electrons. The molecule has 2 heterocycles. The van der Waals surface area contributed by atoms with E-state index in [2.05, 4.69) is 11.5 Å². The molecule has 3 nitrogen and oxygen atoms in total. The number of likely N-dealkylation sites (tertiary alicyclic amines) is 2. The SMILES string of the molecule is C=CCN1CCCC12CCCN(C(=O)c1cccc(Cl)c1)C2. The molecule has 0 bridgehead atoms. The van der Waals surface area contributed by atoms with Crippen LogP contribution in [0.3, 0.4) is 0 Å². The fourth-order valence-electron chi connectivity index (χ4n) is 3.99. The van der Waals surface area contributed by atoms with Gasteiger partial charge in [-0.3, -0.25) is 9.69 Å². The topological polar surface area (TPSA) is 23.6 Å². The fourth-order valence-corrected chi connectivity index (χ4v) is 4.18. The molecule has 1 unspecified atom stereocenters. The van der Waals surface area contributed by atoms with Gasteiger partial charge < -0.3 is 4.90 Å². The zero-order valence-corrected chi connectivity index (χ0v) is 13.7. The Bertz CT molecular complexity index is 574. The Morgan fingerprint density at radius 2 is 2.09 bits per heavy atom. The van der Waals surface area contributed by atoms with Crippen molar-refractivity contribution in [3.8, 4) is 0 Å². The lowest BCUT2D eigenvalue weighted by Crippen LogP contribution is -2.56. The number of amides is 1. The van der Waals surface area contributed by atoms with E-state index in [1.165, 1.54) is 19.3 Å². The van der Waals surface area contributed by atoms with Crippen molar-refractivity contribution in [3.05, 3.63) is 47.5 Å². The minimum Gasteiger partial charge on any atom is -0.337 e. The highest BCUT2D eigenvalue weighted by molar-refractivity contribution is 6.30. The molecule has 1 amide bonds. The fraction of sp³-hybridized carbons (Fsp3) is 0.500. The van der Waals surface area contributed by atoms with Crippen LogP contribution < -0.4 is 0 Å². The Kier molecular flexibility index (Phi) is 4.55. The molecule has 1 aromatic rings. The largest absolute Gasteiger partial charge is 0.337 e. The van der Waals surface area contributed by atoms with Gasteiger partial charge in [0, 0.05) is 35.8 Å². The number of hydrogen-bond donors (Lipinski definition) is 0. The maximum atomic E-state index is 12.8. The van der Waals surface area contributed by atoms with Crippen molar-refractivity contribution in [1.82, 2.24) is 9.80 Å². The molecule has 1 atom stereocenters. The van der Waals surface area contributed by atoms with Gasteiger partial charge in [-0.15, -0.1) is 6.58 Å². The second-order valence-corrected chi connectivity index (χ2v) is 6.84. The van der Waals surface area contributed by atoms with E-state index in [-0.39, 0.29) is 11.4 Å². The van der Waals surface area contributed by atoms with E-state index < -0.39 is 0 Å². The van der Waals surface area contributed by atoms with Gasteiger partial charge in [0.05, 0.1) is 0 Å². The van der Waals surface area contributed by atoms with Crippen LogP contribution in [0.15, 0.2) is 36.9 Å². The first kappa shape index (κ1) is 15.6. The highest BCUT2D eigenvalue weighted by Gasteiger charge is 2.44. The molecule has 0 N–H and O–H groups in total. The van der Waals surface area contributed by atoms with E-state index in [0.717, 1.165) is 32.6 Å². The summed E-state index contributed by atoms with van der Waals surface area (Å²) in [5.41, 5.74) is 0.846. The second kappa shape index (κ2) is 6.43. The van der Waals surface area contributed by atoms with Crippen molar-refractivity contribution in [2.45, 2.75) is 31.2 Å². The van der Waals surface area contributed by atoms with Crippen LogP contribution in [0.5, 0.6) is 0 Å². The molecule has 2 fully saturated rings. The minimum absolute atomic E-state index is 0.104. The zero-order chi connectivity index (χ0) is 15.6. The van der Waals surface area contributed by atoms with Crippen molar-refractivity contribution in [2.75, 3.05) is 26.2 Å². The Balaban J connectivity index is 1.78. The third kappa shape index (κ3) is 2.92. The number of carbonyl (C=O) groups is 1. The smallest absolute Gasteiger partial charge is 0.253 e. The predicted octanol–water partition coefficient (Wildman–Crippen LogP) is 3.60. The van der Waals surface area contributed by atoms with Crippen LogP contribution in [-0.4, -0.2) is 47.4 Å². The average Bonchev–Trinajstić information content (AvgIpc) is 2.89. The molecule has 1 aromatic carbocycles. The molecule has 0 radical (unpaired) electrons. The van der Waals surface area contributed by atoms with Gasteiger partial charge in [0.25, 0.3) is 5.91 Å². The standard InChI is InChI=1S/C18H23ClN2O/c1-2-10-21-12-5-9-18(21)8-4-11-20(14-18)17(22)15-6-3-7-16(19)13-15/h2-3,6-7,13H,1,4-5,8-12,14H2. The number of halogens is 1. The number of hydrogen-bond acceptors (Lipinski definition) is 2. The summed E-state index contributed by atoms with van der Waals surface area (Å²) in [4.78, 5) is 17.3. The quantitative estimate of drug-likeness (QED) is 0.795. The Morgan fingerprint density at radius 3 is 2.82 bits per heavy atom.